The van der Waals surface area contributed by atoms with E-state index in [4.69, 9.17) is 4.74 Å². The van der Waals surface area contributed by atoms with Crippen LogP contribution < -0.4 is 5.32 Å². The lowest BCUT2D eigenvalue weighted by atomic mass is 9.94. The summed E-state index contributed by atoms with van der Waals surface area (Å²) in [4.78, 5) is 11.0. The Morgan fingerprint density at radius 1 is 1.56 bits per heavy atom. The van der Waals surface area contributed by atoms with Gasteiger partial charge in [0.05, 0.1) is 0 Å². The topological polar surface area (TPSA) is 38.3 Å². The van der Waals surface area contributed by atoms with Gasteiger partial charge in [0.15, 0.2) is 0 Å². The lowest BCUT2D eigenvalue weighted by Crippen LogP contribution is -2.24. The van der Waals surface area contributed by atoms with Crippen molar-refractivity contribution in [2.75, 3.05) is 13.2 Å². The number of hydrogen-bond donors (Lipinski definition) is 1. The van der Waals surface area contributed by atoms with Gasteiger partial charge in [-0.15, -0.1) is 0 Å². The first-order valence-corrected chi connectivity index (χ1v) is 5.66. The number of allylic oxidation sites excluding steroid dienone is 3. The lowest BCUT2D eigenvalue weighted by Gasteiger charge is -2.12. The predicted octanol–water partition coefficient (Wildman–Crippen LogP) is 2.81. The van der Waals surface area contributed by atoms with Crippen molar-refractivity contribution in [2.45, 2.75) is 19.3 Å². The van der Waals surface area contributed by atoms with Gasteiger partial charge in [0, 0.05) is 6.54 Å². The Hall–Kier alpha value is -1.51. The molecule has 1 aliphatic carbocycles. The molecule has 0 aromatic carbocycles. The molecule has 0 saturated carbocycles. The second-order valence-electron chi connectivity index (χ2n) is 3.74. The highest BCUT2D eigenvalue weighted by molar-refractivity contribution is 5.67. The van der Waals surface area contributed by atoms with Crippen molar-refractivity contribution >= 4 is 6.09 Å². The molecule has 0 aromatic rings. The van der Waals surface area contributed by atoms with E-state index in [9.17, 15) is 4.79 Å². The Morgan fingerprint density at radius 3 is 3.12 bits per heavy atom. The molecule has 1 N–H and O–H groups in total. The van der Waals surface area contributed by atoms with Crippen molar-refractivity contribution in [2.24, 2.45) is 5.92 Å². The number of hydrogen-bond acceptors (Lipinski definition) is 2. The van der Waals surface area contributed by atoms with E-state index in [2.05, 4.69) is 30.1 Å². The standard InChI is InChI=1S/C13H19NO2/c1-2-11-16-13(15)14-10-6-9-12-7-4-3-5-8-12/h2-4,6,9,12H,1,5,7-8,10-11H2,(H,14,15)/b9-6+. The van der Waals surface area contributed by atoms with E-state index in [1.807, 2.05) is 6.08 Å². The van der Waals surface area contributed by atoms with Crippen molar-refractivity contribution < 1.29 is 9.53 Å². The largest absolute Gasteiger partial charge is 0.445 e. The Kier molecular flexibility index (Phi) is 6.07. The lowest BCUT2D eigenvalue weighted by molar-refractivity contribution is 0.159. The van der Waals surface area contributed by atoms with E-state index >= 15 is 0 Å². The number of ether oxygens (including phenoxy) is 1. The number of amides is 1. The molecule has 0 radical (unpaired) electrons. The Bertz CT molecular complexity index is 282. The molecule has 1 aliphatic rings. The molecule has 0 saturated heterocycles. The van der Waals surface area contributed by atoms with Crippen LogP contribution in [0.15, 0.2) is 37.0 Å². The van der Waals surface area contributed by atoms with Gasteiger partial charge in [-0.2, -0.15) is 0 Å². The first-order chi connectivity index (χ1) is 7.83. The van der Waals surface area contributed by atoms with Gasteiger partial charge in [-0.25, -0.2) is 4.79 Å². The summed E-state index contributed by atoms with van der Waals surface area (Å²) in [7, 11) is 0. The van der Waals surface area contributed by atoms with E-state index in [0.717, 1.165) is 12.8 Å². The van der Waals surface area contributed by atoms with E-state index in [1.165, 1.54) is 6.42 Å². The SMILES string of the molecule is C=CCOC(=O)NC/C=C/C1CC=CCC1. The smallest absolute Gasteiger partial charge is 0.407 e. The fraction of sp³-hybridized carbons (Fsp3) is 0.462. The predicted molar refractivity (Wildman–Crippen MR) is 65.2 cm³/mol. The molecule has 1 unspecified atom stereocenters. The fourth-order valence-electron chi connectivity index (χ4n) is 1.58. The quantitative estimate of drug-likeness (QED) is 0.725. The number of carbonyl (C=O) groups is 1. The van der Waals surface area contributed by atoms with Crippen LogP contribution in [0.5, 0.6) is 0 Å². The molecule has 0 spiro atoms. The van der Waals surface area contributed by atoms with Gasteiger partial charge in [0.25, 0.3) is 0 Å². The molecule has 1 rings (SSSR count). The average molecular weight is 221 g/mol. The zero-order valence-electron chi connectivity index (χ0n) is 9.52. The Labute approximate surface area is 96.9 Å². The summed E-state index contributed by atoms with van der Waals surface area (Å²) in [6, 6.07) is 0. The van der Waals surface area contributed by atoms with Gasteiger partial charge >= 0.3 is 6.09 Å². The number of alkyl carbamates (subject to hydrolysis) is 1. The molecular weight excluding hydrogens is 202 g/mol. The van der Waals surface area contributed by atoms with Gasteiger partial charge in [0.1, 0.15) is 6.61 Å². The summed E-state index contributed by atoms with van der Waals surface area (Å²) in [5.41, 5.74) is 0. The van der Waals surface area contributed by atoms with Gasteiger partial charge in [-0.05, 0) is 25.2 Å². The van der Waals surface area contributed by atoms with Crippen LogP contribution in [0.3, 0.4) is 0 Å². The monoisotopic (exact) mass is 221 g/mol. The van der Waals surface area contributed by atoms with E-state index in [0.29, 0.717) is 12.5 Å². The van der Waals surface area contributed by atoms with E-state index in [1.54, 1.807) is 6.08 Å². The normalized spacial score (nSPS) is 19.6. The first kappa shape index (κ1) is 12.6. The fourth-order valence-corrected chi connectivity index (χ4v) is 1.58. The summed E-state index contributed by atoms with van der Waals surface area (Å²) in [5.74, 6) is 0.621. The van der Waals surface area contributed by atoms with Crippen molar-refractivity contribution in [3.05, 3.63) is 37.0 Å². The molecule has 0 fully saturated rings. The van der Waals surface area contributed by atoms with Gasteiger partial charge in [0.2, 0.25) is 0 Å². The van der Waals surface area contributed by atoms with Crippen LogP contribution in [0.2, 0.25) is 0 Å². The summed E-state index contributed by atoms with van der Waals surface area (Å²) >= 11 is 0. The molecule has 3 heteroatoms. The minimum absolute atomic E-state index is 0.253. The zero-order chi connectivity index (χ0) is 11.6. The minimum Gasteiger partial charge on any atom is -0.445 e. The molecule has 3 nitrogen and oxygen atoms in total. The van der Waals surface area contributed by atoms with Gasteiger partial charge in [-0.1, -0.05) is 37.0 Å². The highest BCUT2D eigenvalue weighted by Crippen LogP contribution is 2.18. The second kappa shape index (κ2) is 7.74. The third kappa shape index (κ3) is 5.39. The summed E-state index contributed by atoms with van der Waals surface area (Å²) in [6.07, 6.45) is 13.2. The number of rotatable bonds is 5. The average Bonchev–Trinajstić information content (AvgIpc) is 2.33. The van der Waals surface area contributed by atoms with Crippen LogP contribution in [0.25, 0.3) is 0 Å². The minimum atomic E-state index is -0.395. The third-order valence-corrected chi connectivity index (χ3v) is 2.41. The van der Waals surface area contributed by atoms with Crippen LogP contribution in [0.4, 0.5) is 4.79 Å². The summed E-state index contributed by atoms with van der Waals surface area (Å²) in [6.45, 7) is 4.24. The Balaban J connectivity index is 2.09. The maximum atomic E-state index is 11.0. The highest BCUT2D eigenvalue weighted by Gasteiger charge is 2.04. The van der Waals surface area contributed by atoms with Crippen molar-refractivity contribution in [3.8, 4) is 0 Å². The summed E-state index contributed by atoms with van der Waals surface area (Å²) in [5, 5.41) is 2.64. The van der Waals surface area contributed by atoms with Crippen molar-refractivity contribution in [1.82, 2.24) is 5.32 Å². The van der Waals surface area contributed by atoms with Crippen LogP contribution in [-0.2, 0) is 4.74 Å². The molecule has 16 heavy (non-hydrogen) atoms. The van der Waals surface area contributed by atoms with E-state index in [-0.39, 0.29) is 6.61 Å². The molecule has 0 aliphatic heterocycles. The van der Waals surface area contributed by atoms with Crippen molar-refractivity contribution in [1.29, 1.82) is 0 Å². The summed E-state index contributed by atoms with van der Waals surface area (Å²) < 4.78 is 4.77. The third-order valence-electron chi connectivity index (χ3n) is 2.41. The van der Waals surface area contributed by atoms with Crippen molar-refractivity contribution in [3.63, 3.8) is 0 Å². The molecule has 0 aromatic heterocycles. The number of nitrogens with one attached hydrogen (secondary N) is 1. The molecule has 0 heterocycles. The molecule has 1 amide bonds. The van der Waals surface area contributed by atoms with E-state index < -0.39 is 6.09 Å². The maximum absolute atomic E-state index is 11.0. The molecule has 88 valence electrons. The van der Waals surface area contributed by atoms with Gasteiger partial charge < -0.3 is 10.1 Å². The highest BCUT2D eigenvalue weighted by atomic mass is 16.5. The van der Waals surface area contributed by atoms with Crippen LogP contribution >= 0.6 is 0 Å². The molecule has 0 bridgehead atoms. The number of carbonyl (C=O) groups excluding carboxylic acids is 1. The molecular formula is C13H19NO2. The van der Waals surface area contributed by atoms with Gasteiger partial charge in [-0.3, -0.25) is 0 Å². The Morgan fingerprint density at radius 2 is 2.44 bits per heavy atom. The first-order valence-electron chi connectivity index (χ1n) is 5.66. The second-order valence-corrected chi connectivity index (χ2v) is 3.74. The zero-order valence-corrected chi connectivity index (χ0v) is 9.52. The maximum Gasteiger partial charge on any atom is 0.407 e. The van der Waals surface area contributed by atoms with Crippen LogP contribution in [0, 0.1) is 5.92 Å². The van der Waals surface area contributed by atoms with Crippen LogP contribution in [0.1, 0.15) is 19.3 Å². The molecule has 1 atom stereocenters. The van der Waals surface area contributed by atoms with Crippen LogP contribution in [-0.4, -0.2) is 19.2 Å².